The molecular weight excluding hydrogens is 981 g/mol. The minimum absolute atomic E-state index is 0.0569. The largest absolute Gasteiger partial charge is 0.462 e. The van der Waals surface area contributed by atoms with E-state index in [0.717, 1.165) is 32.1 Å². The molecule has 1 N–H and O–H groups in total. The Balaban J connectivity index is 3.35. The van der Waals surface area contributed by atoms with Gasteiger partial charge in [0.25, 0.3) is 0 Å². The fraction of sp³-hybridized carbons (Fsp3) is 0.947. The van der Waals surface area contributed by atoms with E-state index in [1.54, 1.807) is 0 Å². The van der Waals surface area contributed by atoms with Crippen LogP contribution in [0.15, 0.2) is 12.2 Å². The SMILES string of the molecule is CCCCCCCCCC/C=C\CCCCCCCCCCCCCCCCCCCC(=O)OC(CO)COC(=O)CCCCCCCCCCCCCCCCCCCCCCCCCCCCCCCCCCCCCCC. The summed E-state index contributed by atoms with van der Waals surface area (Å²) < 4.78 is 10.8. The van der Waals surface area contributed by atoms with Crippen LogP contribution >= 0.6 is 0 Å². The van der Waals surface area contributed by atoms with Gasteiger partial charge in [-0.15, -0.1) is 0 Å². The topological polar surface area (TPSA) is 72.8 Å². The Kier molecular flexibility index (Phi) is 70.7. The second-order valence-corrected chi connectivity index (χ2v) is 25.7. The standard InChI is InChI=1S/C75H146O5/c1-3-5-7-9-11-13-15-17-19-21-23-25-27-29-31-33-34-35-36-37-38-39-40-42-43-45-47-49-51-53-55-57-59-61-63-65-67-69-74(77)79-72-73(71-76)80-75(78)70-68-66-64-62-60-58-56-54-52-50-48-46-44-41-32-30-28-26-24-22-20-18-16-14-12-10-8-6-4-2/h22,24,73,76H,3-21,23,25-72H2,1-2H3/b24-22-. The van der Waals surface area contributed by atoms with Crippen LogP contribution in [-0.4, -0.2) is 36.4 Å². The van der Waals surface area contributed by atoms with Gasteiger partial charge in [0, 0.05) is 12.8 Å². The Morgan fingerprint density at radius 1 is 0.275 bits per heavy atom. The highest BCUT2D eigenvalue weighted by atomic mass is 16.6. The third kappa shape index (κ3) is 69.1. The number of carbonyl (C=O) groups is 2. The number of allylic oxidation sites excluding steroid dienone is 2. The molecule has 1 atom stereocenters. The van der Waals surface area contributed by atoms with Crippen LogP contribution in [0, 0.1) is 0 Å². The third-order valence-electron chi connectivity index (χ3n) is 17.6. The maximum Gasteiger partial charge on any atom is 0.306 e. The number of rotatable bonds is 71. The molecule has 0 amide bonds. The first-order valence-corrected chi connectivity index (χ1v) is 37.2. The van der Waals surface area contributed by atoms with Crippen molar-refractivity contribution in [2.24, 2.45) is 0 Å². The van der Waals surface area contributed by atoms with Crippen molar-refractivity contribution < 1.29 is 24.2 Å². The van der Waals surface area contributed by atoms with Crippen LogP contribution < -0.4 is 0 Å². The zero-order valence-corrected chi connectivity index (χ0v) is 54.9. The second-order valence-electron chi connectivity index (χ2n) is 25.7. The summed E-state index contributed by atoms with van der Waals surface area (Å²) in [5.41, 5.74) is 0. The number of aliphatic hydroxyl groups excluding tert-OH is 1. The van der Waals surface area contributed by atoms with E-state index in [1.165, 1.54) is 379 Å². The summed E-state index contributed by atoms with van der Waals surface area (Å²) in [5.74, 6) is -0.560. The maximum atomic E-state index is 12.4. The van der Waals surface area contributed by atoms with E-state index < -0.39 is 6.10 Å². The lowest BCUT2D eigenvalue weighted by atomic mass is 10.0. The summed E-state index contributed by atoms with van der Waals surface area (Å²) in [5, 5.41) is 9.71. The normalized spacial score (nSPS) is 12.1. The van der Waals surface area contributed by atoms with Gasteiger partial charge in [0.2, 0.25) is 0 Å². The van der Waals surface area contributed by atoms with Crippen molar-refractivity contribution in [1.82, 2.24) is 0 Å². The van der Waals surface area contributed by atoms with Gasteiger partial charge in [0.05, 0.1) is 6.61 Å². The van der Waals surface area contributed by atoms with Crippen LogP contribution in [0.4, 0.5) is 0 Å². The van der Waals surface area contributed by atoms with Gasteiger partial charge in [0.15, 0.2) is 6.10 Å². The predicted octanol–water partition coefficient (Wildman–Crippen LogP) is 25.8. The molecule has 80 heavy (non-hydrogen) atoms. The van der Waals surface area contributed by atoms with Gasteiger partial charge >= 0.3 is 11.9 Å². The monoisotopic (exact) mass is 1130 g/mol. The average Bonchev–Trinajstić information content (AvgIpc) is 3.46. The molecule has 0 aromatic rings. The lowest BCUT2D eigenvalue weighted by Gasteiger charge is -2.15. The van der Waals surface area contributed by atoms with E-state index in [0.29, 0.717) is 12.8 Å². The molecule has 0 heterocycles. The van der Waals surface area contributed by atoms with Gasteiger partial charge in [-0.1, -0.05) is 398 Å². The number of unbranched alkanes of at least 4 members (excludes halogenated alkanes) is 61. The van der Waals surface area contributed by atoms with Gasteiger partial charge in [0.1, 0.15) is 6.61 Å². The van der Waals surface area contributed by atoms with Crippen molar-refractivity contribution in [3.63, 3.8) is 0 Å². The van der Waals surface area contributed by atoms with Crippen LogP contribution in [0.3, 0.4) is 0 Å². The molecule has 0 radical (unpaired) electrons. The number of hydrogen-bond donors (Lipinski definition) is 1. The molecular formula is C75H146O5. The van der Waals surface area contributed by atoms with Crippen LogP contribution in [-0.2, 0) is 19.1 Å². The number of esters is 2. The molecule has 0 saturated heterocycles. The van der Waals surface area contributed by atoms with E-state index in [4.69, 9.17) is 9.47 Å². The molecule has 0 bridgehead atoms. The molecule has 0 aromatic carbocycles. The quantitative estimate of drug-likeness (QED) is 0.0373. The highest BCUT2D eigenvalue weighted by Crippen LogP contribution is 2.20. The Bertz CT molecular complexity index is 1180. The van der Waals surface area contributed by atoms with Crippen molar-refractivity contribution in [2.45, 2.75) is 444 Å². The van der Waals surface area contributed by atoms with Crippen LogP contribution in [0.2, 0.25) is 0 Å². The van der Waals surface area contributed by atoms with Gasteiger partial charge in [-0.3, -0.25) is 9.59 Å². The van der Waals surface area contributed by atoms with Gasteiger partial charge in [-0.2, -0.15) is 0 Å². The first kappa shape index (κ1) is 78.6. The predicted molar refractivity (Wildman–Crippen MR) is 353 cm³/mol. The van der Waals surface area contributed by atoms with E-state index in [1.807, 2.05) is 0 Å². The van der Waals surface area contributed by atoms with Crippen molar-refractivity contribution >= 4 is 11.9 Å². The molecule has 5 heteroatoms. The Morgan fingerprint density at radius 2 is 0.463 bits per heavy atom. The van der Waals surface area contributed by atoms with Crippen LogP contribution in [0.1, 0.15) is 438 Å². The zero-order chi connectivity index (χ0) is 57.6. The third-order valence-corrected chi connectivity index (χ3v) is 17.6. The Labute approximate surface area is 502 Å². The van der Waals surface area contributed by atoms with E-state index in [9.17, 15) is 14.7 Å². The van der Waals surface area contributed by atoms with Crippen molar-refractivity contribution in [2.75, 3.05) is 13.2 Å². The first-order valence-electron chi connectivity index (χ1n) is 37.2. The van der Waals surface area contributed by atoms with Crippen molar-refractivity contribution in [3.8, 4) is 0 Å². The minimum atomic E-state index is -0.768. The molecule has 0 aromatic heterocycles. The molecule has 0 spiro atoms. The second kappa shape index (κ2) is 71.9. The zero-order valence-electron chi connectivity index (χ0n) is 54.9. The van der Waals surface area contributed by atoms with E-state index in [-0.39, 0.29) is 25.2 Å². The number of ether oxygens (including phenoxy) is 2. The van der Waals surface area contributed by atoms with E-state index >= 15 is 0 Å². The van der Waals surface area contributed by atoms with Crippen LogP contribution in [0.5, 0.6) is 0 Å². The summed E-state index contributed by atoms with van der Waals surface area (Å²) in [4.78, 5) is 24.7. The van der Waals surface area contributed by atoms with Crippen molar-refractivity contribution in [3.05, 3.63) is 12.2 Å². The minimum Gasteiger partial charge on any atom is -0.462 e. The molecule has 476 valence electrons. The van der Waals surface area contributed by atoms with Crippen LogP contribution in [0.25, 0.3) is 0 Å². The highest BCUT2D eigenvalue weighted by Gasteiger charge is 2.16. The van der Waals surface area contributed by atoms with Crippen molar-refractivity contribution in [1.29, 1.82) is 0 Å². The smallest absolute Gasteiger partial charge is 0.306 e. The number of carbonyl (C=O) groups excluding carboxylic acids is 2. The molecule has 0 saturated carbocycles. The number of aliphatic hydroxyl groups is 1. The Morgan fingerprint density at radius 3 is 0.675 bits per heavy atom. The maximum absolute atomic E-state index is 12.4. The number of hydrogen-bond acceptors (Lipinski definition) is 5. The lowest BCUT2D eigenvalue weighted by Crippen LogP contribution is -2.28. The summed E-state index contributed by atoms with van der Waals surface area (Å²) in [6.07, 6.45) is 92.8. The highest BCUT2D eigenvalue weighted by molar-refractivity contribution is 5.70. The van der Waals surface area contributed by atoms with Gasteiger partial charge in [-0.05, 0) is 38.5 Å². The average molecular weight is 1130 g/mol. The summed E-state index contributed by atoms with van der Waals surface area (Å²) in [6.45, 7) is 4.22. The molecule has 0 aliphatic carbocycles. The molecule has 1 unspecified atom stereocenters. The fourth-order valence-electron chi connectivity index (χ4n) is 12.0. The molecule has 0 fully saturated rings. The fourth-order valence-corrected chi connectivity index (χ4v) is 12.0. The first-order chi connectivity index (χ1) is 39.6. The summed E-state index contributed by atoms with van der Waals surface area (Å²) in [7, 11) is 0. The Hall–Kier alpha value is -1.36. The molecule has 0 rings (SSSR count). The van der Waals surface area contributed by atoms with Gasteiger partial charge < -0.3 is 14.6 Å². The molecule has 0 aliphatic heterocycles. The van der Waals surface area contributed by atoms with E-state index in [2.05, 4.69) is 26.0 Å². The molecule has 5 nitrogen and oxygen atoms in total. The summed E-state index contributed by atoms with van der Waals surface area (Å²) in [6, 6.07) is 0. The molecule has 0 aliphatic rings. The van der Waals surface area contributed by atoms with Gasteiger partial charge in [-0.25, -0.2) is 0 Å². The summed E-state index contributed by atoms with van der Waals surface area (Å²) >= 11 is 0. The lowest BCUT2D eigenvalue weighted by molar-refractivity contribution is -0.161.